The Morgan fingerprint density at radius 2 is 1.20 bits per heavy atom. The number of fused-ring (bicyclic) bond motifs is 1. The normalized spacial score (nSPS) is 15.6. The van der Waals surface area contributed by atoms with Crippen molar-refractivity contribution in [1.82, 2.24) is 36.9 Å². The Labute approximate surface area is 326 Å². The standard InChI is InChI=1S/C37H56N8O9S/c1-8-19(5)30(40-21(7)46)37(54)44-29(18(3)4)35(52)45-31(20(6)9-2)36(53)42-25(14-22-16-39-24-13-11-10-12-23(22)24)33(50)41-26(15-28(47)48)34(51)43-27(17-55)32(38)49/h10-13,16,18-20,25-27,29-31,39,55H,8-9,14-15,17H2,1-7H3,(H2,38,49)(H,40,46)(H,41,50)(H,42,53)(H,43,51)(H,44,54)(H,45,52)(H,47,48). The minimum atomic E-state index is -1.67. The average Bonchev–Trinajstić information content (AvgIpc) is 3.54. The molecular weight excluding hydrogens is 733 g/mol. The summed E-state index contributed by atoms with van der Waals surface area (Å²) >= 11 is 3.99. The SMILES string of the molecule is CCC(C)C(NC(C)=O)C(=O)NC(C(=O)NC(C(=O)NC(Cc1c[nH]c2ccccc12)C(=O)NC(CC(=O)O)C(=O)NC(CS)C(N)=O)C(C)CC)C(C)C. The molecule has 0 radical (unpaired) electrons. The van der Waals surface area contributed by atoms with Gasteiger partial charge in [0.1, 0.15) is 36.3 Å². The van der Waals surface area contributed by atoms with Crippen molar-refractivity contribution >= 4 is 70.9 Å². The predicted octanol–water partition coefficient (Wildman–Crippen LogP) is 0.277. The van der Waals surface area contributed by atoms with Crippen LogP contribution in [0.3, 0.4) is 0 Å². The molecule has 7 amide bonds. The number of rotatable bonds is 22. The zero-order valence-corrected chi connectivity index (χ0v) is 33.3. The second-order valence-corrected chi connectivity index (χ2v) is 14.5. The summed E-state index contributed by atoms with van der Waals surface area (Å²) in [5.41, 5.74) is 6.66. The first kappa shape index (κ1) is 46.0. The van der Waals surface area contributed by atoms with E-state index in [1.165, 1.54) is 6.92 Å². The number of hydrogen-bond donors (Lipinski definition) is 10. The van der Waals surface area contributed by atoms with Gasteiger partial charge in [-0.15, -0.1) is 0 Å². The van der Waals surface area contributed by atoms with Crippen LogP contribution >= 0.6 is 12.6 Å². The second-order valence-electron chi connectivity index (χ2n) is 14.1. The van der Waals surface area contributed by atoms with Crippen LogP contribution in [0.25, 0.3) is 10.9 Å². The molecule has 8 unspecified atom stereocenters. The van der Waals surface area contributed by atoms with E-state index < -0.39 is 102 Å². The summed E-state index contributed by atoms with van der Waals surface area (Å²) in [6, 6.07) is -0.319. The van der Waals surface area contributed by atoms with Crippen LogP contribution in [0, 0.1) is 17.8 Å². The fraction of sp³-hybridized carbons (Fsp3) is 0.568. The van der Waals surface area contributed by atoms with Crippen LogP contribution in [-0.2, 0) is 44.8 Å². The zero-order valence-electron chi connectivity index (χ0n) is 32.4. The molecule has 0 aliphatic heterocycles. The molecule has 10 N–H and O–H groups in total. The highest BCUT2D eigenvalue weighted by Gasteiger charge is 2.36. The van der Waals surface area contributed by atoms with Gasteiger partial charge in [0.2, 0.25) is 41.4 Å². The van der Waals surface area contributed by atoms with Gasteiger partial charge < -0.3 is 47.7 Å². The number of carbonyl (C=O) groups excluding carboxylic acids is 7. The number of aliphatic carboxylic acids is 1. The molecule has 0 saturated heterocycles. The van der Waals surface area contributed by atoms with Gasteiger partial charge in [0, 0.05) is 36.2 Å². The van der Waals surface area contributed by atoms with Gasteiger partial charge >= 0.3 is 5.97 Å². The Bertz CT molecular complexity index is 1700. The molecule has 0 fully saturated rings. The second kappa shape index (κ2) is 21.7. The summed E-state index contributed by atoms with van der Waals surface area (Å²) in [5.74, 6) is -8.02. The Hall–Kier alpha value is -5.13. The molecule has 304 valence electrons. The van der Waals surface area contributed by atoms with E-state index in [-0.39, 0.29) is 18.1 Å². The molecular formula is C37H56N8O9S. The van der Waals surface area contributed by atoms with E-state index in [1.54, 1.807) is 52.9 Å². The number of aromatic nitrogens is 1. The first-order chi connectivity index (χ1) is 25.8. The summed E-state index contributed by atoms with van der Waals surface area (Å²) in [7, 11) is 0. The van der Waals surface area contributed by atoms with E-state index in [0.29, 0.717) is 18.4 Å². The molecule has 1 aromatic carbocycles. The lowest BCUT2D eigenvalue weighted by molar-refractivity contribution is -0.141. The third-order valence-corrected chi connectivity index (χ3v) is 9.85. The number of thiol groups is 1. The third kappa shape index (κ3) is 13.6. The number of amides is 7. The Morgan fingerprint density at radius 3 is 1.73 bits per heavy atom. The molecule has 17 nitrogen and oxygen atoms in total. The van der Waals surface area contributed by atoms with Crippen LogP contribution in [0.5, 0.6) is 0 Å². The van der Waals surface area contributed by atoms with Crippen LogP contribution in [-0.4, -0.2) is 99.4 Å². The quantitative estimate of drug-likeness (QED) is 0.0733. The van der Waals surface area contributed by atoms with Crippen LogP contribution in [0.15, 0.2) is 30.5 Å². The lowest BCUT2D eigenvalue weighted by atomic mass is 9.94. The highest BCUT2D eigenvalue weighted by atomic mass is 32.1. The molecule has 0 aliphatic rings. The number of nitrogens with one attached hydrogen (secondary N) is 7. The molecule has 8 atom stereocenters. The Morgan fingerprint density at radius 1 is 0.709 bits per heavy atom. The van der Waals surface area contributed by atoms with Crippen molar-refractivity contribution in [2.24, 2.45) is 23.5 Å². The number of carboxylic acids is 1. The number of hydrogen-bond acceptors (Lipinski definition) is 9. The van der Waals surface area contributed by atoms with Crippen molar-refractivity contribution in [3.63, 3.8) is 0 Å². The number of carboxylic acid groups (broad SMARTS) is 1. The maximum absolute atomic E-state index is 14.1. The van der Waals surface area contributed by atoms with E-state index in [2.05, 4.69) is 49.5 Å². The molecule has 55 heavy (non-hydrogen) atoms. The first-order valence-corrected chi connectivity index (χ1v) is 18.9. The van der Waals surface area contributed by atoms with Crippen molar-refractivity contribution in [1.29, 1.82) is 0 Å². The zero-order chi connectivity index (χ0) is 41.6. The van der Waals surface area contributed by atoms with Gasteiger partial charge in [-0.25, -0.2) is 0 Å². The summed E-state index contributed by atoms with van der Waals surface area (Å²) < 4.78 is 0. The van der Waals surface area contributed by atoms with Gasteiger partial charge in [0.25, 0.3) is 0 Å². The van der Waals surface area contributed by atoms with Crippen LogP contribution in [0.1, 0.15) is 73.3 Å². The molecule has 1 heterocycles. The van der Waals surface area contributed by atoms with Crippen molar-refractivity contribution in [3.8, 4) is 0 Å². The van der Waals surface area contributed by atoms with Gasteiger partial charge in [-0.05, 0) is 29.4 Å². The van der Waals surface area contributed by atoms with Gasteiger partial charge in [-0.1, -0.05) is 72.6 Å². The fourth-order valence-electron chi connectivity index (χ4n) is 5.77. The number of carbonyl (C=O) groups is 8. The van der Waals surface area contributed by atoms with Gasteiger partial charge in [-0.3, -0.25) is 38.4 Å². The van der Waals surface area contributed by atoms with Crippen molar-refractivity contribution in [2.75, 3.05) is 5.75 Å². The van der Waals surface area contributed by atoms with Crippen LogP contribution in [0.2, 0.25) is 0 Å². The van der Waals surface area contributed by atoms with E-state index in [9.17, 15) is 43.5 Å². The molecule has 2 rings (SSSR count). The monoisotopic (exact) mass is 788 g/mol. The lowest BCUT2D eigenvalue weighted by Gasteiger charge is -2.31. The smallest absolute Gasteiger partial charge is 0.305 e. The number of primary amides is 1. The van der Waals surface area contributed by atoms with Crippen molar-refractivity contribution < 1.29 is 43.5 Å². The Balaban J connectivity index is 2.47. The molecule has 18 heteroatoms. The van der Waals surface area contributed by atoms with E-state index in [0.717, 1.165) is 10.9 Å². The average molecular weight is 789 g/mol. The third-order valence-electron chi connectivity index (χ3n) is 9.48. The summed E-state index contributed by atoms with van der Waals surface area (Å²) in [6.07, 6.45) is 1.67. The van der Waals surface area contributed by atoms with Crippen molar-refractivity contribution in [3.05, 3.63) is 36.0 Å². The summed E-state index contributed by atoms with van der Waals surface area (Å²) in [4.78, 5) is 107. The minimum Gasteiger partial charge on any atom is -0.481 e. The molecule has 2 aromatic rings. The lowest BCUT2D eigenvalue weighted by Crippen LogP contribution is -2.62. The van der Waals surface area contributed by atoms with Gasteiger partial charge in [0.15, 0.2) is 0 Å². The van der Waals surface area contributed by atoms with Gasteiger partial charge in [0.05, 0.1) is 6.42 Å². The predicted molar refractivity (Wildman–Crippen MR) is 208 cm³/mol. The maximum atomic E-state index is 14.1. The molecule has 0 saturated carbocycles. The number of benzene rings is 1. The number of H-pyrrole nitrogens is 1. The summed E-state index contributed by atoms with van der Waals surface area (Å²) in [6.45, 7) is 11.9. The van der Waals surface area contributed by atoms with Crippen LogP contribution in [0.4, 0.5) is 0 Å². The largest absolute Gasteiger partial charge is 0.481 e. The highest BCUT2D eigenvalue weighted by molar-refractivity contribution is 7.80. The van der Waals surface area contributed by atoms with E-state index >= 15 is 0 Å². The molecule has 1 aromatic heterocycles. The molecule has 0 spiro atoms. The topological polar surface area (TPSA) is 271 Å². The van der Waals surface area contributed by atoms with E-state index in [1.807, 2.05) is 19.1 Å². The first-order valence-electron chi connectivity index (χ1n) is 18.3. The Kier molecular flexibility index (Phi) is 18.1. The number of aromatic amines is 1. The van der Waals surface area contributed by atoms with Crippen LogP contribution < -0.4 is 37.6 Å². The van der Waals surface area contributed by atoms with Crippen molar-refractivity contribution in [2.45, 2.75) is 110 Å². The minimum absolute atomic E-state index is 0.116. The molecule has 0 aliphatic carbocycles. The fourth-order valence-corrected chi connectivity index (χ4v) is 6.04. The molecule has 0 bridgehead atoms. The number of para-hydroxylation sites is 1. The number of nitrogens with two attached hydrogens (primary N) is 1. The van der Waals surface area contributed by atoms with Gasteiger partial charge in [-0.2, -0.15) is 12.6 Å². The maximum Gasteiger partial charge on any atom is 0.305 e. The highest BCUT2D eigenvalue weighted by Crippen LogP contribution is 2.20. The summed E-state index contributed by atoms with van der Waals surface area (Å²) in [5, 5.41) is 25.8. The van der Waals surface area contributed by atoms with E-state index in [4.69, 9.17) is 5.73 Å².